The zero-order valence-corrected chi connectivity index (χ0v) is 16.2. The number of amides is 2. The van der Waals surface area contributed by atoms with Gasteiger partial charge in [0.25, 0.3) is 15.9 Å². The van der Waals surface area contributed by atoms with Crippen LogP contribution >= 0.6 is 11.6 Å². The number of carbonyl (C=O) groups is 3. The number of rotatable bonds is 5. The van der Waals surface area contributed by atoms with Gasteiger partial charge in [-0.2, -0.15) is 0 Å². The molecule has 2 amide bonds. The van der Waals surface area contributed by atoms with Gasteiger partial charge in [-0.3, -0.25) is 9.59 Å². The van der Waals surface area contributed by atoms with E-state index >= 15 is 0 Å². The van der Waals surface area contributed by atoms with E-state index in [1.54, 1.807) is 6.07 Å². The first-order chi connectivity index (χ1) is 13.3. The second-order valence-corrected chi connectivity index (χ2v) is 8.10. The lowest BCUT2D eigenvalue weighted by Gasteiger charge is -2.15. The van der Waals surface area contributed by atoms with Crippen molar-refractivity contribution in [3.63, 3.8) is 0 Å². The number of benzene rings is 2. The van der Waals surface area contributed by atoms with Gasteiger partial charge in [0.05, 0.1) is 23.3 Å². The monoisotopic (exact) mass is 422 g/mol. The number of esters is 1. The topological polar surface area (TPSA) is 110 Å². The van der Waals surface area contributed by atoms with Crippen LogP contribution in [-0.4, -0.2) is 44.2 Å². The molecule has 1 aliphatic heterocycles. The number of halogens is 1. The lowest BCUT2D eigenvalue weighted by atomic mass is 10.2. The first kappa shape index (κ1) is 19.8. The second-order valence-electron chi connectivity index (χ2n) is 5.86. The third-order valence-corrected chi connectivity index (χ3v) is 6.28. The van der Waals surface area contributed by atoms with Crippen molar-refractivity contribution in [2.75, 3.05) is 19.0 Å². The lowest BCUT2D eigenvalue weighted by Crippen LogP contribution is -2.33. The molecule has 28 heavy (non-hydrogen) atoms. The SMILES string of the molecule is COC(=O)c1cc(NC(=O)CCN2C(=O)c3ccccc3S2(=O)=O)ccc1Cl. The van der Waals surface area contributed by atoms with Crippen LogP contribution in [-0.2, 0) is 19.6 Å². The number of nitrogens with zero attached hydrogens (tertiary/aromatic N) is 1. The number of methoxy groups -OCH3 is 1. The van der Waals surface area contributed by atoms with Gasteiger partial charge in [0, 0.05) is 18.7 Å². The predicted octanol–water partition coefficient (Wildman–Crippen LogP) is 2.30. The van der Waals surface area contributed by atoms with Gasteiger partial charge in [0.2, 0.25) is 5.91 Å². The largest absolute Gasteiger partial charge is 0.465 e. The Morgan fingerprint density at radius 1 is 1.18 bits per heavy atom. The Morgan fingerprint density at radius 3 is 2.57 bits per heavy atom. The van der Waals surface area contributed by atoms with Crippen LogP contribution in [0.4, 0.5) is 5.69 Å². The molecule has 0 bridgehead atoms. The summed E-state index contributed by atoms with van der Waals surface area (Å²) in [6, 6.07) is 10.1. The van der Waals surface area contributed by atoms with Crippen LogP contribution < -0.4 is 5.32 Å². The number of sulfonamides is 1. The highest BCUT2D eigenvalue weighted by molar-refractivity contribution is 7.90. The van der Waals surface area contributed by atoms with Gasteiger partial charge in [-0.1, -0.05) is 23.7 Å². The maximum atomic E-state index is 12.5. The molecule has 3 rings (SSSR count). The van der Waals surface area contributed by atoms with Gasteiger partial charge < -0.3 is 10.1 Å². The molecule has 1 N–H and O–H groups in total. The Bertz CT molecular complexity index is 1080. The molecule has 1 aliphatic rings. The van der Waals surface area contributed by atoms with E-state index in [4.69, 9.17) is 11.6 Å². The Morgan fingerprint density at radius 2 is 1.89 bits per heavy atom. The summed E-state index contributed by atoms with van der Waals surface area (Å²) in [5, 5.41) is 2.70. The predicted molar refractivity (Wildman–Crippen MR) is 101 cm³/mol. The minimum atomic E-state index is -3.97. The third kappa shape index (κ3) is 3.58. The summed E-state index contributed by atoms with van der Waals surface area (Å²) in [7, 11) is -2.76. The van der Waals surface area contributed by atoms with Crippen molar-refractivity contribution in [1.82, 2.24) is 4.31 Å². The molecule has 0 spiro atoms. The van der Waals surface area contributed by atoms with Crippen LogP contribution in [0.3, 0.4) is 0 Å². The van der Waals surface area contributed by atoms with Crippen molar-refractivity contribution < 1.29 is 27.5 Å². The maximum absolute atomic E-state index is 12.5. The zero-order chi connectivity index (χ0) is 20.5. The molecule has 0 saturated heterocycles. The molecule has 0 aliphatic carbocycles. The Labute approximate surface area is 166 Å². The number of anilines is 1. The minimum Gasteiger partial charge on any atom is -0.465 e. The van der Waals surface area contributed by atoms with Gasteiger partial charge in [0.1, 0.15) is 4.90 Å². The van der Waals surface area contributed by atoms with E-state index in [9.17, 15) is 22.8 Å². The fourth-order valence-electron chi connectivity index (χ4n) is 2.75. The molecule has 0 unspecified atom stereocenters. The fraction of sp³-hybridized carbons (Fsp3) is 0.167. The number of carbonyl (C=O) groups excluding carboxylic acids is 3. The normalized spacial score (nSPS) is 14.5. The quantitative estimate of drug-likeness (QED) is 0.740. The van der Waals surface area contributed by atoms with Crippen molar-refractivity contribution in [2.45, 2.75) is 11.3 Å². The summed E-state index contributed by atoms with van der Waals surface area (Å²) in [5.74, 6) is -1.85. The van der Waals surface area contributed by atoms with Crippen LogP contribution in [0.25, 0.3) is 0 Å². The van der Waals surface area contributed by atoms with E-state index in [2.05, 4.69) is 10.1 Å². The van der Waals surface area contributed by atoms with Crippen LogP contribution in [0.2, 0.25) is 5.02 Å². The molecule has 1 heterocycles. The summed E-state index contributed by atoms with van der Waals surface area (Å²) in [6.07, 6.45) is -0.255. The molecule has 146 valence electrons. The number of nitrogens with one attached hydrogen (secondary N) is 1. The molecule has 0 fully saturated rings. The summed E-state index contributed by atoms with van der Waals surface area (Å²) >= 11 is 5.92. The van der Waals surface area contributed by atoms with Crippen molar-refractivity contribution >= 4 is 45.1 Å². The van der Waals surface area contributed by atoms with Crippen LogP contribution in [0.1, 0.15) is 27.1 Å². The Kier molecular flexibility index (Phi) is 5.39. The van der Waals surface area contributed by atoms with Crippen molar-refractivity contribution in [1.29, 1.82) is 0 Å². The second kappa shape index (κ2) is 7.61. The van der Waals surface area contributed by atoms with E-state index in [0.717, 1.165) is 0 Å². The molecule has 0 atom stereocenters. The first-order valence-corrected chi connectivity index (χ1v) is 9.91. The highest BCUT2D eigenvalue weighted by atomic mass is 35.5. The standard InChI is InChI=1S/C18H15ClN2O6S/c1-27-18(24)13-10-11(6-7-14(13)19)20-16(22)8-9-21-17(23)12-4-2-3-5-15(12)28(21,25)26/h2-7,10H,8-9H2,1H3,(H,20,22). The third-order valence-electron chi connectivity index (χ3n) is 4.11. The molecule has 8 nitrogen and oxygen atoms in total. The smallest absolute Gasteiger partial charge is 0.339 e. The summed E-state index contributed by atoms with van der Waals surface area (Å²) in [5.41, 5.74) is 0.451. The zero-order valence-electron chi connectivity index (χ0n) is 14.6. The molecule has 0 radical (unpaired) electrons. The van der Waals surface area contributed by atoms with Crippen molar-refractivity contribution in [2.24, 2.45) is 0 Å². The molecular formula is C18H15ClN2O6S. The molecule has 0 saturated carbocycles. The van der Waals surface area contributed by atoms with Gasteiger partial charge >= 0.3 is 5.97 Å². The van der Waals surface area contributed by atoms with Crippen LogP contribution in [0.15, 0.2) is 47.4 Å². The average molecular weight is 423 g/mol. The van der Waals surface area contributed by atoms with Crippen LogP contribution in [0, 0.1) is 0 Å². The summed E-state index contributed by atoms with van der Waals surface area (Å²) in [4.78, 5) is 36.1. The highest BCUT2D eigenvalue weighted by Gasteiger charge is 2.40. The Balaban J connectivity index is 1.69. The van der Waals surface area contributed by atoms with Gasteiger partial charge in [-0.25, -0.2) is 17.5 Å². The molecule has 0 aromatic heterocycles. The molecule has 2 aromatic rings. The summed E-state index contributed by atoms with van der Waals surface area (Å²) < 4.78 is 30.2. The lowest BCUT2D eigenvalue weighted by molar-refractivity contribution is -0.116. The van der Waals surface area contributed by atoms with E-state index in [1.807, 2.05) is 0 Å². The van der Waals surface area contributed by atoms with Gasteiger partial charge in [0.15, 0.2) is 0 Å². The minimum absolute atomic E-state index is 0.0687. The highest BCUT2D eigenvalue weighted by Crippen LogP contribution is 2.30. The van der Waals surface area contributed by atoms with E-state index < -0.39 is 27.8 Å². The number of fused-ring (bicyclic) bond motifs is 1. The van der Waals surface area contributed by atoms with Crippen molar-refractivity contribution in [3.8, 4) is 0 Å². The van der Waals surface area contributed by atoms with Gasteiger partial charge in [-0.05, 0) is 30.3 Å². The van der Waals surface area contributed by atoms with Gasteiger partial charge in [-0.15, -0.1) is 0 Å². The molecule has 10 heteroatoms. The molecular weight excluding hydrogens is 408 g/mol. The molecule has 2 aromatic carbocycles. The fourth-order valence-corrected chi connectivity index (χ4v) is 4.51. The maximum Gasteiger partial charge on any atom is 0.339 e. The summed E-state index contributed by atoms with van der Waals surface area (Å²) in [6.45, 7) is -0.306. The van der Waals surface area contributed by atoms with Crippen molar-refractivity contribution in [3.05, 3.63) is 58.6 Å². The number of ether oxygens (including phenoxy) is 1. The Hall–Kier alpha value is -2.91. The van der Waals surface area contributed by atoms with E-state index in [0.29, 0.717) is 4.31 Å². The first-order valence-electron chi connectivity index (χ1n) is 8.09. The number of hydrogen-bond donors (Lipinski definition) is 1. The van der Waals surface area contributed by atoms with E-state index in [-0.39, 0.29) is 39.7 Å². The van der Waals surface area contributed by atoms with E-state index in [1.165, 1.54) is 43.5 Å². The van der Waals surface area contributed by atoms with Crippen LogP contribution in [0.5, 0.6) is 0 Å². The average Bonchev–Trinajstić information content (AvgIpc) is 2.87. The number of hydrogen-bond acceptors (Lipinski definition) is 6.